The Hall–Kier alpha value is -1.17. The minimum absolute atomic E-state index is 0.420. The van der Waals surface area contributed by atoms with E-state index in [0.717, 1.165) is 12.1 Å². The topological polar surface area (TPSA) is 111 Å². The molecule has 0 saturated carbocycles. The van der Waals surface area contributed by atoms with Crippen LogP contribution in [0.15, 0.2) is 0 Å². The highest BCUT2D eigenvalue weighted by Gasteiger charge is 2.34. The van der Waals surface area contributed by atoms with Gasteiger partial charge in [0.2, 0.25) is 0 Å². The fourth-order valence-electron chi connectivity index (χ4n) is 3.29. The number of aromatic amines is 1. The molecule has 1 heterocycles. The Labute approximate surface area is 198 Å². The molecule has 0 radical (unpaired) electrons. The first-order chi connectivity index (χ1) is 14.9. The van der Waals surface area contributed by atoms with Gasteiger partial charge in [0.25, 0.3) is 0 Å². The summed E-state index contributed by atoms with van der Waals surface area (Å²) in [5.74, 6) is 0. The summed E-state index contributed by atoms with van der Waals surface area (Å²) >= 11 is 0. The lowest BCUT2D eigenvalue weighted by Gasteiger charge is -2.45. The molecule has 0 aliphatic rings. The number of hydrogen-bond donors (Lipinski definition) is 2. The number of rotatable bonds is 11. The molecule has 9 nitrogen and oxygen atoms in total. The lowest BCUT2D eigenvalue weighted by Crippen LogP contribution is -2.92. The number of tetrazole rings is 1. The van der Waals surface area contributed by atoms with Crippen LogP contribution in [-0.2, 0) is 4.52 Å². The Morgan fingerprint density at radius 1 is 0.875 bits per heavy atom. The predicted octanol–water partition coefficient (Wildman–Crippen LogP) is 3.75. The van der Waals surface area contributed by atoms with Crippen LogP contribution in [0.2, 0.25) is 0 Å². The minimum atomic E-state index is -0.841. The molecule has 3 N–H and O–H groups in total. The molecular weight excluding hydrogens is 423 g/mol. The Morgan fingerprint density at radius 2 is 1.31 bits per heavy atom. The summed E-state index contributed by atoms with van der Waals surface area (Å²) in [7, 11) is -0.841. The molecule has 1 rings (SSSR count). The van der Waals surface area contributed by atoms with Crippen LogP contribution in [0.25, 0.3) is 0 Å². The summed E-state index contributed by atoms with van der Waals surface area (Å²) in [5.41, 5.74) is 0. The van der Waals surface area contributed by atoms with E-state index in [1.165, 1.54) is 0 Å². The number of nitrogens with two attached hydrogens (primary N) is 1. The highest BCUT2D eigenvalue weighted by atomic mass is 31.2. The SMILES string of the molecule is CC(C)N(C(C)C)P(OCCC#N)N(C(C)C)C(C)C.CC(C)[NH2+]C(C)C.[c-]1nn[nH]n1. The molecule has 0 aromatic carbocycles. The average molecular weight is 473 g/mol. The Morgan fingerprint density at radius 3 is 1.50 bits per heavy atom. The van der Waals surface area contributed by atoms with Gasteiger partial charge in [0.15, 0.2) is 8.45 Å². The summed E-state index contributed by atoms with van der Waals surface area (Å²) in [6.45, 7) is 27.0. The van der Waals surface area contributed by atoms with Crippen LogP contribution < -0.4 is 5.32 Å². The number of nitriles is 1. The van der Waals surface area contributed by atoms with Crippen LogP contribution >= 0.6 is 8.45 Å². The molecule has 32 heavy (non-hydrogen) atoms. The standard InChI is InChI=1S/C15H32N3OP.C6H15N.CHN4/c1-12(2)17(13(3)4)20(19-11-9-10-16)18(14(5)6)15(7)8;1-5(2)7-6(3)4;1-2-4-5-3-1/h12-15H,9,11H2,1-8H3;5-7H,1-4H3;(H,2,3,4,5)/q;;-1/p+1. The van der Waals surface area contributed by atoms with Gasteiger partial charge < -0.3 is 20.0 Å². The highest BCUT2D eigenvalue weighted by molar-refractivity contribution is 7.47. The van der Waals surface area contributed by atoms with Crippen LogP contribution in [0, 0.1) is 17.7 Å². The van der Waals surface area contributed by atoms with Gasteiger partial charge in [0, 0.05) is 24.2 Å². The lowest BCUT2D eigenvalue weighted by molar-refractivity contribution is -0.709. The third kappa shape index (κ3) is 16.5. The molecule has 0 unspecified atom stereocenters. The van der Waals surface area contributed by atoms with Crippen LogP contribution in [-0.4, -0.2) is 72.8 Å². The zero-order valence-electron chi connectivity index (χ0n) is 22.5. The van der Waals surface area contributed by atoms with Crippen LogP contribution in [0.4, 0.5) is 0 Å². The van der Waals surface area contributed by atoms with E-state index in [0.29, 0.717) is 37.2 Å². The molecule has 0 aliphatic heterocycles. The number of quaternary nitrogens is 1. The Balaban J connectivity index is 0. The van der Waals surface area contributed by atoms with Gasteiger partial charge in [-0.05, 0) is 83.1 Å². The zero-order chi connectivity index (χ0) is 25.3. The van der Waals surface area contributed by atoms with Gasteiger partial charge in [0.05, 0.1) is 31.2 Å². The second-order valence-corrected chi connectivity index (χ2v) is 11.0. The fourth-order valence-corrected chi connectivity index (χ4v) is 5.63. The zero-order valence-corrected chi connectivity index (χ0v) is 23.4. The van der Waals surface area contributed by atoms with Crippen molar-refractivity contribution in [2.75, 3.05) is 6.61 Å². The maximum atomic E-state index is 8.74. The molecule has 1 aromatic rings. The molecule has 0 amide bonds. The maximum absolute atomic E-state index is 8.74. The monoisotopic (exact) mass is 472 g/mol. The third-order valence-electron chi connectivity index (χ3n) is 3.94. The number of nitrogens with zero attached hydrogens (tertiary/aromatic N) is 6. The summed E-state index contributed by atoms with van der Waals surface area (Å²) in [6, 6.07) is 5.34. The van der Waals surface area contributed by atoms with Gasteiger partial charge in [0.1, 0.15) is 0 Å². The van der Waals surface area contributed by atoms with Crippen molar-refractivity contribution in [1.82, 2.24) is 30.0 Å². The molecule has 0 saturated heterocycles. The number of hydrogen-bond acceptors (Lipinski definition) is 7. The van der Waals surface area contributed by atoms with Crippen molar-refractivity contribution in [3.05, 3.63) is 6.33 Å². The van der Waals surface area contributed by atoms with Gasteiger partial charge in [-0.3, -0.25) is 0 Å². The minimum Gasteiger partial charge on any atom is -0.357 e. The number of H-pyrrole nitrogens is 1. The summed E-state index contributed by atoms with van der Waals surface area (Å²) in [6.07, 6.45) is 2.65. The van der Waals surface area contributed by atoms with E-state index in [2.05, 4.69) is 131 Å². The van der Waals surface area contributed by atoms with Gasteiger partial charge in [-0.25, -0.2) is 20.9 Å². The first-order valence-electron chi connectivity index (χ1n) is 11.7. The summed E-state index contributed by atoms with van der Waals surface area (Å²) in [4.78, 5) is 0. The van der Waals surface area contributed by atoms with E-state index < -0.39 is 8.45 Å². The van der Waals surface area contributed by atoms with Crippen LogP contribution in [0.1, 0.15) is 89.5 Å². The smallest absolute Gasteiger partial charge is 0.188 e. The van der Waals surface area contributed by atoms with E-state index in [9.17, 15) is 0 Å². The molecule has 0 bridgehead atoms. The molecule has 10 heteroatoms. The summed E-state index contributed by atoms with van der Waals surface area (Å²) < 4.78 is 11.0. The van der Waals surface area contributed by atoms with Crippen molar-refractivity contribution >= 4 is 8.45 Å². The second-order valence-electron chi connectivity index (χ2n) is 9.32. The fraction of sp³-hybridized carbons (Fsp3) is 0.909. The summed E-state index contributed by atoms with van der Waals surface area (Å²) in [5, 5.41) is 22.9. The van der Waals surface area contributed by atoms with E-state index in [4.69, 9.17) is 9.79 Å². The number of aromatic nitrogens is 4. The van der Waals surface area contributed by atoms with Crippen molar-refractivity contribution in [2.24, 2.45) is 0 Å². The van der Waals surface area contributed by atoms with E-state index >= 15 is 0 Å². The van der Waals surface area contributed by atoms with Crippen LogP contribution in [0.5, 0.6) is 0 Å². The van der Waals surface area contributed by atoms with Crippen molar-refractivity contribution < 1.29 is 9.84 Å². The molecular formula is C22H49N8OP. The maximum Gasteiger partial charge on any atom is 0.188 e. The highest BCUT2D eigenvalue weighted by Crippen LogP contribution is 2.50. The van der Waals surface area contributed by atoms with Gasteiger partial charge >= 0.3 is 0 Å². The largest absolute Gasteiger partial charge is 0.357 e. The normalized spacial score (nSPS) is 11.6. The molecule has 0 aliphatic carbocycles. The van der Waals surface area contributed by atoms with E-state index in [1.807, 2.05) is 0 Å². The molecule has 188 valence electrons. The predicted molar refractivity (Wildman–Crippen MR) is 133 cm³/mol. The quantitative estimate of drug-likeness (QED) is 0.287. The molecule has 1 aromatic heterocycles. The van der Waals surface area contributed by atoms with Gasteiger partial charge in [-0.15, -0.1) is 0 Å². The Bertz CT molecular complexity index is 500. The van der Waals surface area contributed by atoms with Crippen molar-refractivity contribution in [3.8, 4) is 6.07 Å². The van der Waals surface area contributed by atoms with E-state index in [1.54, 1.807) is 0 Å². The Kier molecular flexibility index (Phi) is 19.9. The van der Waals surface area contributed by atoms with Crippen molar-refractivity contribution in [3.63, 3.8) is 0 Å². The molecule has 0 fully saturated rings. The van der Waals surface area contributed by atoms with Gasteiger partial charge in [-0.1, -0.05) is 5.21 Å². The number of nitrogens with one attached hydrogen (secondary N) is 1. The lowest BCUT2D eigenvalue weighted by atomic mass is 10.3. The van der Waals surface area contributed by atoms with Gasteiger partial charge in [-0.2, -0.15) is 5.26 Å². The van der Waals surface area contributed by atoms with Crippen LogP contribution in [0.3, 0.4) is 0 Å². The van der Waals surface area contributed by atoms with E-state index in [-0.39, 0.29) is 0 Å². The van der Waals surface area contributed by atoms with Crippen molar-refractivity contribution in [2.45, 2.75) is 126 Å². The third-order valence-corrected chi connectivity index (χ3v) is 6.99. The first kappa shape index (κ1) is 33.0. The molecule has 0 spiro atoms. The first-order valence-corrected chi connectivity index (χ1v) is 12.8. The second kappa shape index (κ2) is 19.3. The van der Waals surface area contributed by atoms with Crippen molar-refractivity contribution in [1.29, 1.82) is 5.26 Å². The molecule has 0 atom stereocenters. The average Bonchev–Trinajstić information content (AvgIpc) is 3.19.